The normalized spacial score (nSPS) is 13.6. The van der Waals surface area contributed by atoms with Gasteiger partial charge in [-0.15, -0.1) is 0 Å². The van der Waals surface area contributed by atoms with E-state index in [0.717, 1.165) is 11.1 Å². The van der Waals surface area contributed by atoms with Crippen LogP contribution in [-0.2, 0) is 4.79 Å². The maximum atomic E-state index is 12.7. The Labute approximate surface area is 178 Å². The van der Waals surface area contributed by atoms with Crippen molar-refractivity contribution in [2.75, 3.05) is 17.4 Å². The third-order valence-corrected chi connectivity index (χ3v) is 4.92. The van der Waals surface area contributed by atoms with Crippen LogP contribution in [0.1, 0.15) is 21.5 Å². The SMILES string of the molecule is Cc1ccc2c(c1)NC(=O)c1cc(NC(=O)/C=C/c3ccc4c(c3)OCO4)ccc1O2. The molecule has 2 N–H and O–H groups in total. The lowest BCUT2D eigenvalue weighted by Gasteiger charge is -2.09. The molecule has 3 aromatic rings. The number of ether oxygens (including phenoxy) is 3. The minimum absolute atomic E-state index is 0.198. The van der Waals surface area contributed by atoms with Crippen molar-refractivity contribution < 1.29 is 23.8 Å². The van der Waals surface area contributed by atoms with Crippen molar-refractivity contribution in [2.24, 2.45) is 0 Å². The van der Waals surface area contributed by atoms with Gasteiger partial charge in [0.1, 0.15) is 5.75 Å². The number of hydrogen-bond acceptors (Lipinski definition) is 5. The number of aryl methyl sites for hydroxylation is 1. The van der Waals surface area contributed by atoms with E-state index in [2.05, 4.69) is 10.6 Å². The molecule has 5 rings (SSSR count). The molecule has 2 amide bonds. The van der Waals surface area contributed by atoms with Crippen LogP contribution >= 0.6 is 0 Å². The quantitative estimate of drug-likeness (QED) is 0.605. The van der Waals surface area contributed by atoms with E-state index in [-0.39, 0.29) is 18.6 Å². The van der Waals surface area contributed by atoms with Crippen LogP contribution < -0.4 is 24.8 Å². The Balaban J connectivity index is 1.32. The number of carbonyl (C=O) groups is 2. The fourth-order valence-corrected chi connectivity index (χ4v) is 3.39. The second-order valence-corrected chi connectivity index (χ2v) is 7.20. The summed E-state index contributed by atoms with van der Waals surface area (Å²) in [5, 5.41) is 5.62. The molecule has 2 aliphatic heterocycles. The van der Waals surface area contributed by atoms with Gasteiger partial charge in [0.25, 0.3) is 5.91 Å². The highest BCUT2D eigenvalue weighted by Crippen LogP contribution is 2.37. The topological polar surface area (TPSA) is 85.9 Å². The standard InChI is InChI=1S/C24H18N2O5/c1-14-2-6-20-18(10-14)26-24(28)17-12-16(5-8-19(17)31-20)25-23(27)9-4-15-3-7-21-22(11-15)30-13-29-21/h2-12H,13H2,1H3,(H,25,27)(H,26,28)/b9-4+. The highest BCUT2D eigenvalue weighted by atomic mass is 16.7. The van der Waals surface area contributed by atoms with Crippen molar-refractivity contribution in [3.63, 3.8) is 0 Å². The van der Waals surface area contributed by atoms with Gasteiger partial charge in [0.2, 0.25) is 12.7 Å². The fraction of sp³-hybridized carbons (Fsp3) is 0.0833. The van der Waals surface area contributed by atoms with Gasteiger partial charge in [-0.25, -0.2) is 0 Å². The van der Waals surface area contributed by atoms with Gasteiger partial charge in [0.15, 0.2) is 17.2 Å². The van der Waals surface area contributed by atoms with E-state index >= 15 is 0 Å². The van der Waals surface area contributed by atoms with E-state index in [1.165, 1.54) is 6.08 Å². The van der Waals surface area contributed by atoms with E-state index in [9.17, 15) is 9.59 Å². The van der Waals surface area contributed by atoms with Crippen LogP contribution in [0.25, 0.3) is 6.08 Å². The van der Waals surface area contributed by atoms with Crippen LogP contribution in [0.15, 0.2) is 60.7 Å². The lowest BCUT2D eigenvalue weighted by atomic mass is 10.1. The highest BCUT2D eigenvalue weighted by Gasteiger charge is 2.21. The third-order valence-electron chi connectivity index (χ3n) is 4.92. The lowest BCUT2D eigenvalue weighted by molar-refractivity contribution is -0.111. The van der Waals surface area contributed by atoms with Gasteiger partial charge in [-0.1, -0.05) is 12.1 Å². The average Bonchev–Trinajstić information content (AvgIpc) is 3.17. The first-order valence-electron chi connectivity index (χ1n) is 9.68. The molecule has 7 nitrogen and oxygen atoms in total. The Morgan fingerprint density at radius 3 is 2.68 bits per heavy atom. The first-order chi connectivity index (χ1) is 15.0. The predicted octanol–water partition coefficient (Wildman–Crippen LogP) is 4.73. The van der Waals surface area contributed by atoms with E-state index < -0.39 is 0 Å². The molecule has 0 atom stereocenters. The molecular formula is C24H18N2O5. The first-order valence-corrected chi connectivity index (χ1v) is 9.68. The predicted molar refractivity (Wildman–Crippen MR) is 116 cm³/mol. The van der Waals surface area contributed by atoms with Crippen molar-refractivity contribution in [1.29, 1.82) is 0 Å². The number of carbonyl (C=O) groups excluding carboxylic acids is 2. The zero-order valence-corrected chi connectivity index (χ0v) is 16.6. The van der Waals surface area contributed by atoms with Crippen LogP contribution in [0, 0.1) is 6.92 Å². The first kappa shape index (κ1) is 18.7. The molecule has 2 aliphatic rings. The number of nitrogens with one attached hydrogen (secondary N) is 2. The van der Waals surface area contributed by atoms with Crippen LogP contribution in [0.2, 0.25) is 0 Å². The molecule has 31 heavy (non-hydrogen) atoms. The maximum Gasteiger partial charge on any atom is 0.259 e. The van der Waals surface area contributed by atoms with Crippen molar-refractivity contribution in [1.82, 2.24) is 0 Å². The van der Waals surface area contributed by atoms with Crippen LogP contribution in [0.3, 0.4) is 0 Å². The summed E-state index contributed by atoms with van der Waals surface area (Å²) in [5.74, 6) is 1.70. The third kappa shape index (κ3) is 3.81. The Bertz CT molecular complexity index is 1250. The zero-order valence-electron chi connectivity index (χ0n) is 16.6. The number of anilines is 2. The molecule has 0 spiro atoms. The zero-order chi connectivity index (χ0) is 21.4. The van der Waals surface area contributed by atoms with E-state index in [0.29, 0.717) is 39.9 Å². The molecule has 2 heterocycles. The van der Waals surface area contributed by atoms with Crippen LogP contribution in [0.4, 0.5) is 11.4 Å². The summed E-state index contributed by atoms with van der Waals surface area (Å²) in [6, 6.07) is 16.0. The lowest BCUT2D eigenvalue weighted by Crippen LogP contribution is -2.12. The molecule has 0 radical (unpaired) electrons. The van der Waals surface area contributed by atoms with Gasteiger partial charge < -0.3 is 24.8 Å². The van der Waals surface area contributed by atoms with Crippen molar-refractivity contribution >= 4 is 29.3 Å². The van der Waals surface area contributed by atoms with Crippen LogP contribution in [0.5, 0.6) is 23.0 Å². The van der Waals surface area contributed by atoms with Gasteiger partial charge in [0, 0.05) is 11.8 Å². The summed E-state index contributed by atoms with van der Waals surface area (Å²) >= 11 is 0. The average molecular weight is 414 g/mol. The summed E-state index contributed by atoms with van der Waals surface area (Å²) in [6.07, 6.45) is 3.09. The molecular weight excluding hydrogens is 396 g/mol. The summed E-state index contributed by atoms with van der Waals surface area (Å²) in [7, 11) is 0. The summed E-state index contributed by atoms with van der Waals surface area (Å²) in [4.78, 5) is 25.0. The van der Waals surface area contributed by atoms with E-state index in [4.69, 9.17) is 14.2 Å². The van der Waals surface area contributed by atoms with Gasteiger partial charge in [0.05, 0.1) is 11.3 Å². The largest absolute Gasteiger partial charge is 0.454 e. The van der Waals surface area contributed by atoms with Crippen molar-refractivity contribution in [2.45, 2.75) is 6.92 Å². The van der Waals surface area contributed by atoms with Crippen molar-refractivity contribution in [3.8, 4) is 23.0 Å². The minimum atomic E-state index is -0.327. The molecule has 154 valence electrons. The van der Waals surface area contributed by atoms with Gasteiger partial charge in [-0.3, -0.25) is 9.59 Å². The molecule has 0 aromatic heterocycles. The molecule has 0 fully saturated rings. The molecule has 0 unspecified atom stereocenters. The molecule has 0 saturated carbocycles. The molecule has 0 aliphatic carbocycles. The Morgan fingerprint density at radius 2 is 1.77 bits per heavy atom. The van der Waals surface area contributed by atoms with Gasteiger partial charge in [-0.05, 0) is 66.6 Å². The number of benzene rings is 3. The van der Waals surface area contributed by atoms with Crippen LogP contribution in [-0.4, -0.2) is 18.6 Å². The minimum Gasteiger partial charge on any atom is -0.454 e. The second-order valence-electron chi connectivity index (χ2n) is 7.20. The van der Waals surface area contributed by atoms with Gasteiger partial charge >= 0.3 is 0 Å². The number of rotatable bonds is 3. The molecule has 0 bridgehead atoms. The molecule has 0 saturated heterocycles. The Hall–Kier alpha value is -4.26. The Kier molecular flexibility index (Phi) is 4.55. The number of fused-ring (bicyclic) bond motifs is 3. The summed E-state index contributed by atoms with van der Waals surface area (Å²) in [5.41, 5.74) is 3.25. The van der Waals surface area contributed by atoms with E-state index in [1.807, 2.05) is 31.2 Å². The fourth-order valence-electron chi connectivity index (χ4n) is 3.39. The molecule has 7 heteroatoms. The second kappa shape index (κ2) is 7.53. The number of hydrogen-bond donors (Lipinski definition) is 2. The van der Waals surface area contributed by atoms with Crippen molar-refractivity contribution in [3.05, 3.63) is 77.4 Å². The smallest absolute Gasteiger partial charge is 0.259 e. The number of amides is 2. The summed E-state index contributed by atoms with van der Waals surface area (Å²) in [6.45, 7) is 2.14. The van der Waals surface area contributed by atoms with Gasteiger partial charge in [-0.2, -0.15) is 0 Å². The Morgan fingerprint density at radius 1 is 0.968 bits per heavy atom. The molecule has 3 aromatic carbocycles. The maximum absolute atomic E-state index is 12.7. The summed E-state index contributed by atoms with van der Waals surface area (Å²) < 4.78 is 16.5. The van der Waals surface area contributed by atoms with E-state index in [1.54, 1.807) is 36.4 Å². The highest BCUT2D eigenvalue weighted by molar-refractivity contribution is 6.09. The monoisotopic (exact) mass is 414 g/mol.